The minimum absolute atomic E-state index is 0.00660. The molecule has 1 saturated carbocycles. The molecule has 22 heavy (non-hydrogen) atoms. The van der Waals surface area contributed by atoms with Crippen molar-refractivity contribution in [3.8, 4) is 0 Å². The van der Waals surface area contributed by atoms with Gasteiger partial charge in [0, 0.05) is 31.6 Å². The number of sulfone groups is 1. The number of hydrogen-bond acceptors (Lipinski definition) is 4. The van der Waals surface area contributed by atoms with Gasteiger partial charge < -0.3 is 10.2 Å². The van der Waals surface area contributed by atoms with Crippen molar-refractivity contribution >= 4 is 15.7 Å². The molecule has 1 amide bonds. The second kappa shape index (κ2) is 6.48. The molecule has 3 rings (SSSR count). The van der Waals surface area contributed by atoms with Crippen molar-refractivity contribution < 1.29 is 13.2 Å². The minimum atomic E-state index is -3.09. The average molecular weight is 328 g/mol. The predicted octanol–water partition coefficient (Wildman–Crippen LogP) is 1.48. The first kappa shape index (κ1) is 16.2. The zero-order valence-corrected chi connectivity index (χ0v) is 14.3. The van der Waals surface area contributed by atoms with Gasteiger partial charge in [0.05, 0.1) is 11.0 Å². The zero-order chi connectivity index (χ0) is 15.7. The Morgan fingerprint density at radius 3 is 2.27 bits per heavy atom. The number of carbonyl (C=O) groups is 1. The van der Waals surface area contributed by atoms with Gasteiger partial charge in [-0.1, -0.05) is 12.8 Å². The third-order valence-corrected chi connectivity index (χ3v) is 8.06. The Balaban J connectivity index is 1.51. The van der Waals surface area contributed by atoms with E-state index in [1.807, 2.05) is 11.9 Å². The standard InChI is InChI=1S/C16H28N2O3S/c1-18(14-10-12-6-7-13(11-14)17-12)16(19)8-9-22(20,21)15-4-2-3-5-15/h12-15,17H,2-11H2,1H3. The smallest absolute Gasteiger partial charge is 0.223 e. The lowest BCUT2D eigenvalue weighted by molar-refractivity contribution is -0.132. The van der Waals surface area contributed by atoms with Gasteiger partial charge >= 0.3 is 0 Å². The second-order valence-corrected chi connectivity index (χ2v) is 9.69. The Labute approximate surface area is 133 Å². The van der Waals surface area contributed by atoms with Crippen LogP contribution in [0.4, 0.5) is 0 Å². The SMILES string of the molecule is CN(C(=O)CCS(=O)(=O)C1CCCC1)C1CC2CCC(C1)N2. The number of nitrogens with zero attached hydrogens (tertiary/aromatic N) is 1. The Bertz CT molecular complexity index is 501. The first-order valence-corrected chi connectivity index (χ1v) is 10.4. The van der Waals surface area contributed by atoms with E-state index in [0.717, 1.165) is 38.5 Å². The molecule has 2 unspecified atom stereocenters. The fourth-order valence-electron chi connectivity index (χ4n) is 4.37. The maximum absolute atomic E-state index is 12.4. The third kappa shape index (κ3) is 3.48. The molecule has 5 nitrogen and oxygen atoms in total. The number of amides is 1. The van der Waals surface area contributed by atoms with E-state index < -0.39 is 9.84 Å². The van der Waals surface area contributed by atoms with Crippen LogP contribution in [0.5, 0.6) is 0 Å². The molecule has 2 heterocycles. The Kier molecular flexibility index (Phi) is 4.78. The van der Waals surface area contributed by atoms with E-state index in [0.29, 0.717) is 12.1 Å². The van der Waals surface area contributed by atoms with Crippen LogP contribution < -0.4 is 5.32 Å². The molecule has 0 aromatic carbocycles. The molecule has 2 aliphatic heterocycles. The van der Waals surface area contributed by atoms with Crippen molar-refractivity contribution in [2.75, 3.05) is 12.8 Å². The molecule has 1 aliphatic carbocycles. The van der Waals surface area contributed by atoms with E-state index in [1.165, 1.54) is 12.8 Å². The summed E-state index contributed by atoms with van der Waals surface area (Å²) in [5.74, 6) is 0.0199. The van der Waals surface area contributed by atoms with E-state index in [4.69, 9.17) is 0 Å². The van der Waals surface area contributed by atoms with E-state index in [2.05, 4.69) is 5.32 Å². The number of rotatable bonds is 5. The first-order valence-electron chi connectivity index (χ1n) is 8.69. The molecule has 6 heteroatoms. The van der Waals surface area contributed by atoms with Crippen molar-refractivity contribution in [3.63, 3.8) is 0 Å². The summed E-state index contributed by atoms with van der Waals surface area (Å²) in [6.45, 7) is 0. The van der Waals surface area contributed by atoms with E-state index in [1.54, 1.807) is 0 Å². The van der Waals surface area contributed by atoms with Gasteiger partial charge in [0.25, 0.3) is 0 Å². The summed E-state index contributed by atoms with van der Waals surface area (Å²) >= 11 is 0. The molecule has 3 fully saturated rings. The number of carbonyl (C=O) groups excluding carboxylic acids is 1. The lowest BCUT2D eigenvalue weighted by atomic mass is 9.98. The highest BCUT2D eigenvalue weighted by Crippen LogP contribution is 2.30. The van der Waals surface area contributed by atoms with Crippen LogP contribution in [0.2, 0.25) is 0 Å². The number of nitrogens with one attached hydrogen (secondary N) is 1. The predicted molar refractivity (Wildman–Crippen MR) is 86.4 cm³/mol. The van der Waals surface area contributed by atoms with Crippen molar-refractivity contribution in [1.82, 2.24) is 10.2 Å². The molecule has 2 atom stereocenters. The summed E-state index contributed by atoms with van der Waals surface area (Å²) in [6.07, 6.45) is 8.16. The Morgan fingerprint density at radius 1 is 1.09 bits per heavy atom. The van der Waals surface area contributed by atoms with Gasteiger partial charge in [-0.3, -0.25) is 4.79 Å². The summed E-state index contributed by atoms with van der Waals surface area (Å²) < 4.78 is 24.5. The highest BCUT2D eigenvalue weighted by Gasteiger charge is 2.36. The largest absolute Gasteiger partial charge is 0.343 e. The topological polar surface area (TPSA) is 66.5 Å². The van der Waals surface area contributed by atoms with Crippen molar-refractivity contribution in [3.05, 3.63) is 0 Å². The van der Waals surface area contributed by atoms with Crippen LogP contribution in [0.1, 0.15) is 57.8 Å². The molecule has 0 spiro atoms. The quantitative estimate of drug-likeness (QED) is 0.830. The fourth-order valence-corrected chi connectivity index (χ4v) is 6.21. The van der Waals surface area contributed by atoms with Crippen LogP contribution in [-0.4, -0.2) is 55.4 Å². The molecular formula is C16H28N2O3S. The zero-order valence-electron chi connectivity index (χ0n) is 13.5. The van der Waals surface area contributed by atoms with Crippen molar-refractivity contribution in [1.29, 1.82) is 0 Å². The summed E-state index contributed by atoms with van der Waals surface area (Å²) in [5, 5.41) is 3.38. The second-order valence-electron chi connectivity index (χ2n) is 7.29. The Morgan fingerprint density at radius 2 is 1.68 bits per heavy atom. The van der Waals surface area contributed by atoms with Crippen LogP contribution in [-0.2, 0) is 14.6 Å². The van der Waals surface area contributed by atoms with Gasteiger partial charge in [-0.2, -0.15) is 0 Å². The van der Waals surface area contributed by atoms with Gasteiger partial charge in [0.2, 0.25) is 5.91 Å². The maximum atomic E-state index is 12.4. The monoisotopic (exact) mass is 328 g/mol. The highest BCUT2D eigenvalue weighted by atomic mass is 32.2. The third-order valence-electron chi connectivity index (χ3n) is 5.80. The van der Waals surface area contributed by atoms with Crippen molar-refractivity contribution in [2.24, 2.45) is 0 Å². The molecule has 126 valence electrons. The lowest BCUT2D eigenvalue weighted by Gasteiger charge is -2.35. The molecule has 0 aromatic heterocycles. The van der Waals surface area contributed by atoms with E-state index in [9.17, 15) is 13.2 Å². The van der Waals surface area contributed by atoms with E-state index >= 15 is 0 Å². The van der Waals surface area contributed by atoms with Crippen LogP contribution in [0.25, 0.3) is 0 Å². The molecule has 2 saturated heterocycles. The van der Waals surface area contributed by atoms with E-state index in [-0.39, 0.29) is 29.4 Å². The molecule has 0 radical (unpaired) electrons. The summed E-state index contributed by atoms with van der Waals surface area (Å²) in [7, 11) is -1.24. The number of piperidine rings is 1. The summed E-state index contributed by atoms with van der Waals surface area (Å²) in [5.41, 5.74) is 0. The maximum Gasteiger partial charge on any atom is 0.223 e. The highest BCUT2D eigenvalue weighted by molar-refractivity contribution is 7.92. The number of fused-ring (bicyclic) bond motifs is 2. The normalized spacial score (nSPS) is 32.3. The van der Waals surface area contributed by atoms with Gasteiger partial charge in [0.15, 0.2) is 9.84 Å². The van der Waals surface area contributed by atoms with Crippen LogP contribution in [0.15, 0.2) is 0 Å². The minimum Gasteiger partial charge on any atom is -0.343 e. The Hall–Kier alpha value is -0.620. The fraction of sp³-hybridized carbons (Fsp3) is 0.938. The van der Waals surface area contributed by atoms with Crippen molar-refractivity contribution in [2.45, 2.75) is 81.2 Å². The molecule has 2 bridgehead atoms. The molecule has 3 aliphatic rings. The summed E-state index contributed by atoms with van der Waals surface area (Å²) in [6, 6.07) is 1.36. The van der Waals surface area contributed by atoms with Crippen LogP contribution in [0.3, 0.4) is 0 Å². The molecule has 0 aromatic rings. The molecular weight excluding hydrogens is 300 g/mol. The van der Waals surface area contributed by atoms with Gasteiger partial charge in [-0.25, -0.2) is 8.42 Å². The van der Waals surface area contributed by atoms with Gasteiger partial charge in [-0.15, -0.1) is 0 Å². The first-order chi connectivity index (χ1) is 10.5. The molecule has 1 N–H and O–H groups in total. The average Bonchev–Trinajstić information content (AvgIpc) is 3.14. The van der Waals surface area contributed by atoms with Gasteiger partial charge in [-0.05, 0) is 38.5 Å². The van der Waals surface area contributed by atoms with Gasteiger partial charge in [0.1, 0.15) is 0 Å². The van der Waals surface area contributed by atoms with Crippen LogP contribution in [0, 0.1) is 0 Å². The van der Waals surface area contributed by atoms with Crippen LogP contribution >= 0.6 is 0 Å². The lowest BCUT2D eigenvalue weighted by Crippen LogP contribution is -2.49. The summed E-state index contributed by atoms with van der Waals surface area (Å²) in [4.78, 5) is 14.2. The number of hydrogen-bond donors (Lipinski definition) is 1.